The van der Waals surface area contributed by atoms with Crippen LogP contribution in [-0.4, -0.2) is 31.6 Å². The first-order chi connectivity index (χ1) is 9.49. The van der Waals surface area contributed by atoms with Crippen LogP contribution >= 0.6 is 15.9 Å². The molecule has 0 spiro atoms. The number of carbonyl (C=O) groups is 2. The van der Waals surface area contributed by atoms with Crippen LogP contribution in [-0.2, 0) is 16.1 Å². The topological polar surface area (TPSA) is 67.4 Å². The molecule has 20 heavy (non-hydrogen) atoms. The number of halogens is 1. The van der Waals surface area contributed by atoms with Gasteiger partial charge in [0, 0.05) is 17.6 Å². The maximum Gasteiger partial charge on any atom is 0.337 e. The summed E-state index contributed by atoms with van der Waals surface area (Å²) in [6, 6.07) is 4.96. The Balaban J connectivity index is 2.65. The number of hydrogen-bond acceptors (Lipinski definition) is 4. The van der Waals surface area contributed by atoms with Gasteiger partial charge in [0.05, 0.1) is 18.7 Å². The molecule has 2 N–H and O–H groups in total. The van der Waals surface area contributed by atoms with E-state index in [4.69, 9.17) is 0 Å². The number of carbonyl (C=O) groups excluding carboxylic acids is 2. The average molecular weight is 343 g/mol. The first-order valence-corrected chi connectivity index (χ1v) is 7.16. The van der Waals surface area contributed by atoms with E-state index in [1.807, 2.05) is 19.9 Å². The van der Waals surface area contributed by atoms with Gasteiger partial charge in [-0.15, -0.1) is 0 Å². The van der Waals surface area contributed by atoms with Crippen molar-refractivity contribution in [2.45, 2.75) is 26.4 Å². The fraction of sp³-hybridized carbons (Fsp3) is 0.429. The third kappa shape index (κ3) is 4.61. The van der Waals surface area contributed by atoms with Gasteiger partial charge in [0.25, 0.3) is 0 Å². The van der Waals surface area contributed by atoms with Crippen molar-refractivity contribution >= 4 is 27.8 Å². The van der Waals surface area contributed by atoms with Crippen LogP contribution in [0, 0.1) is 0 Å². The fourth-order valence-electron chi connectivity index (χ4n) is 1.62. The smallest absolute Gasteiger partial charge is 0.337 e. The van der Waals surface area contributed by atoms with E-state index in [-0.39, 0.29) is 17.9 Å². The van der Waals surface area contributed by atoms with E-state index in [1.165, 1.54) is 7.11 Å². The Bertz CT molecular complexity index is 491. The summed E-state index contributed by atoms with van der Waals surface area (Å²) >= 11 is 3.41. The van der Waals surface area contributed by atoms with Gasteiger partial charge < -0.3 is 15.4 Å². The fourth-order valence-corrected chi connectivity index (χ4v) is 2.14. The van der Waals surface area contributed by atoms with Crippen molar-refractivity contribution in [1.82, 2.24) is 10.6 Å². The summed E-state index contributed by atoms with van der Waals surface area (Å²) in [5.74, 6) is -0.407. The van der Waals surface area contributed by atoms with Crippen molar-refractivity contribution in [3.05, 3.63) is 33.8 Å². The van der Waals surface area contributed by atoms with Gasteiger partial charge in [-0.1, -0.05) is 22.0 Å². The molecule has 1 aromatic rings. The van der Waals surface area contributed by atoms with E-state index >= 15 is 0 Å². The first-order valence-electron chi connectivity index (χ1n) is 6.37. The number of likely N-dealkylation sites (N-methyl/N-ethyl adjacent to an activating group) is 1. The van der Waals surface area contributed by atoms with Crippen molar-refractivity contribution in [2.24, 2.45) is 0 Å². The number of nitrogens with one attached hydrogen (secondary N) is 2. The Morgan fingerprint density at radius 1 is 1.40 bits per heavy atom. The molecule has 0 fully saturated rings. The summed E-state index contributed by atoms with van der Waals surface area (Å²) in [5, 5.41) is 5.88. The van der Waals surface area contributed by atoms with Crippen LogP contribution in [0.1, 0.15) is 29.8 Å². The minimum atomic E-state index is -0.374. The SMILES string of the molecule is CCNC(=O)C(C)NCc1ccc(C(=O)OC)cc1Br. The molecule has 0 aliphatic carbocycles. The molecule has 110 valence electrons. The highest BCUT2D eigenvalue weighted by Gasteiger charge is 2.12. The molecule has 1 amide bonds. The lowest BCUT2D eigenvalue weighted by atomic mass is 10.1. The summed E-state index contributed by atoms with van der Waals surface area (Å²) < 4.78 is 5.46. The first kappa shape index (κ1) is 16.7. The van der Waals surface area contributed by atoms with Crippen molar-refractivity contribution in [3.8, 4) is 0 Å². The van der Waals surface area contributed by atoms with Crippen molar-refractivity contribution in [1.29, 1.82) is 0 Å². The van der Waals surface area contributed by atoms with Gasteiger partial charge in [-0.3, -0.25) is 4.79 Å². The Morgan fingerprint density at radius 2 is 2.10 bits per heavy atom. The molecule has 0 aliphatic rings. The second-order valence-electron chi connectivity index (χ2n) is 4.29. The lowest BCUT2D eigenvalue weighted by molar-refractivity contribution is -0.122. The van der Waals surface area contributed by atoms with Gasteiger partial charge in [-0.2, -0.15) is 0 Å². The van der Waals surface area contributed by atoms with Crippen molar-refractivity contribution < 1.29 is 14.3 Å². The summed E-state index contributed by atoms with van der Waals surface area (Å²) in [6.45, 7) is 4.83. The van der Waals surface area contributed by atoms with Crippen LogP contribution in [0.3, 0.4) is 0 Å². The van der Waals surface area contributed by atoms with Crippen LogP contribution < -0.4 is 10.6 Å². The highest BCUT2D eigenvalue weighted by Crippen LogP contribution is 2.19. The highest BCUT2D eigenvalue weighted by molar-refractivity contribution is 9.10. The Labute approximate surface area is 127 Å². The van der Waals surface area contributed by atoms with Crippen molar-refractivity contribution in [3.63, 3.8) is 0 Å². The highest BCUT2D eigenvalue weighted by atomic mass is 79.9. The van der Waals surface area contributed by atoms with E-state index < -0.39 is 0 Å². The molecule has 1 atom stereocenters. The number of methoxy groups -OCH3 is 1. The zero-order chi connectivity index (χ0) is 15.1. The molecule has 0 aromatic heterocycles. The monoisotopic (exact) mass is 342 g/mol. The van der Waals surface area contributed by atoms with Crippen molar-refractivity contribution in [2.75, 3.05) is 13.7 Å². The van der Waals surface area contributed by atoms with E-state index in [9.17, 15) is 9.59 Å². The summed E-state index contributed by atoms with van der Waals surface area (Å²) in [6.07, 6.45) is 0. The Kier molecular flexibility index (Phi) is 6.67. The molecule has 0 bridgehead atoms. The van der Waals surface area contributed by atoms with E-state index in [0.717, 1.165) is 10.0 Å². The molecule has 0 aliphatic heterocycles. The summed E-state index contributed by atoms with van der Waals surface area (Å²) in [7, 11) is 1.35. The number of amides is 1. The zero-order valence-electron chi connectivity index (χ0n) is 11.8. The van der Waals surface area contributed by atoms with Gasteiger partial charge in [0.15, 0.2) is 0 Å². The summed E-state index contributed by atoms with van der Waals surface area (Å²) in [4.78, 5) is 23.0. The molecule has 0 saturated carbocycles. The lowest BCUT2D eigenvalue weighted by Crippen LogP contribution is -2.41. The van der Waals surface area contributed by atoms with E-state index in [0.29, 0.717) is 18.7 Å². The second-order valence-corrected chi connectivity index (χ2v) is 5.15. The standard InChI is InChI=1S/C14H19BrN2O3/c1-4-16-13(18)9(2)17-8-11-6-5-10(7-12(11)15)14(19)20-3/h5-7,9,17H,4,8H2,1-3H3,(H,16,18). The van der Waals surface area contributed by atoms with Gasteiger partial charge in [0.2, 0.25) is 5.91 Å². The normalized spacial score (nSPS) is 11.8. The molecule has 5 nitrogen and oxygen atoms in total. The average Bonchev–Trinajstić information content (AvgIpc) is 2.44. The van der Waals surface area contributed by atoms with Gasteiger partial charge in [-0.25, -0.2) is 4.79 Å². The number of benzene rings is 1. The maximum atomic E-state index is 11.6. The molecule has 0 saturated heterocycles. The number of ether oxygens (including phenoxy) is 1. The van der Waals surface area contributed by atoms with Gasteiger partial charge >= 0.3 is 5.97 Å². The second kappa shape index (κ2) is 8.01. The Hall–Kier alpha value is -1.40. The molecule has 1 aromatic carbocycles. The maximum absolute atomic E-state index is 11.6. The lowest BCUT2D eigenvalue weighted by Gasteiger charge is -2.14. The minimum Gasteiger partial charge on any atom is -0.465 e. The van der Waals surface area contributed by atoms with Crippen LogP contribution in [0.25, 0.3) is 0 Å². The molecule has 1 rings (SSSR count). The van der Waals surface area contributed by atoms with Gasteiger partial charge in [-0.05, 0) is 31.5 Å². The number of esters is 1. The molecule has 1 unspecified atom stereocenters. The quantitative estimate of drug-likeness (QED) is 0.774. The van der Waals surface area contributed by atoms with Crippen LogP contribution in [0.15, 0.2) is 22.7 Å². The predicted molar refractivity (Wildman–Crippen MR) is 80.5 cm³/mol. The number of hydrogen-bond donors (Lipinski definition) is 2. The van der Waals surface area contributed by atoms with E-state index in [2.05, 4.69) is 31.3 Å². The minimum absolute atomic E-state index is 0.0326. The molecular weight excluding hydrogens is 324 g/mol. The Morgan fingerprint density at radius 3 is 2.65 bits per heavy atom. The third-order valence-electron chi connectivity index (χ3n) is 2.82. The molecule has 0 heterocycles. The predicted octanol–water partition coefficient (Wildman–Crippen LogP) is 1.85. The molecule has 0 radical (unpaired) electrons. The third-order valence-corrected chi connectivity index (χ3v) is 3.56. The number of rotatable bonds is 6. The van der Waals surface area contributed by atoms with Crippen LogP contribution in [0.5, 0.6) is 0 Å². The molecular formula is C14H19BrN2O3. The summed E-state index contributed by atoms with van der Waals surface area (Å²) in [5.41, 5.74) is 1.45. The van der Waals surface area contributed by atoms with Crippen LogP contribution in [0.4, 0.5) is 0 Å². The van der Waals surface area contributed by atoms with E-state index in [1.54, 1.807) is 12.1 Å². The molecule has 6 heteroatoms. The zero-order valence-corrected chi connectivity index (χ0v) is 13.4. The van der Waals surface area contributed by atoms with Gasteiger partial charge in [0.1, 0.15) is 0 Å². The largest absolute Gasteiger partial charge is 0.465 e. The van der Waals surface area contributed by atoms with Crippen LogP contribution in [0.2, 0.25) is 0 Å².